The van der Waals surface area contributed by atoms with E-state index in [1.807, 2.05) is 0 Å². The van der Waals surface area contributed by atoms with Crippen LogP contribution in [0.1, 0.15) is 57.8 Å². The van der Waals surface area contributed by atoms with Gasteiger partial charge in [0.1, 0.15) is 6.10 Å². The van der Waals surface area contributed by atoms with Crippen LogP contribution >= 0.6 is 11.6 Å². The molecule has 1 aliphatic rings. The van der Waals surface area contributed by atoms with Crippen molar-refractivity contribution in [1.29, 1.82) is 0 Å². The van der Waals surface area contributed by atoms with Gasteiger partial charge in [0.05, 0.1) is 0 Å². The van der Waals surface area contributed by atoms with Crippen molar-refractivity contribution in [2.45, 2.75) is 63.9 Å². The smallest absolute Gasteiger partial charge is 0.404 e. The SMILES string of the molecule is O=C(Cl)OC1CCCCCCCCC1. The van der Waals surface area contributed by atoms with Gasteiger partial charge in [-0.1, -0.05) is 32.1 Å². The van der Waals surface area contributed by atoms with Gasteiger partial charge in [0.25, 0.3) is 0 Å². The zero-order valence-electron chi connectivity index (χ0n) is 8.64. The zero-order chi connectivity index (χ0) is 10.2. The Bertz CT molecular complexity index is 161. The average Bonchev–Trinajstić information content (AvgIpc) is 2.15. The highest BCUT2D eigenvalue weighted by molar-refractivity contribution is 6.61. The van der Waals surface area contributed by atoms with E-state index in [2.05, 4.69) is 0 Å². The minimum atomic E-state index is -0.646. The molecule has 2 nitrogen and oxygen atoms in total. The molecule has 1 saturated carbocycles. The molecule has 0 saturated heterocycles. The Balaban J connectivity index is 2.26. The molecule has 0 aromatic rings. The summed E-state index contributed by atoms with van der Waals surface area (Å²) in [5.74, 6) is 0. The van der Waals surface area contributed by atoms with E-state index in [1.54, 1.807) is 0 Å². The maximum atomic E-state index is 10.6. The maximum absolute atomic E-state index is 10.6. The fourth-order valence-corrected chi connectivity index (χ4v) is 2.15. The summed E-state index contributed by atoms with van der Waals surface area (Å²) >= 11 is 5.22. The summed E-state index contributed by atoms with van der Waals surface area (Å²) in [6.45, 7) is 0. The summed E-state index contributed by atoms with van der Waals surface area (Å²) in [5.41, 5.74) is -0.646. The Morgan fingerprint density at radius 2 is 1.36 bits per heavy atom. The highest BCUT2D eigenvalue weighted by Crippen LogP contribution is 2.19. The normalized spacial score (nSPS) is 21.5. The Morgan fingerprint density at radius 3 is 1.79 bits per heavy atom. The Kier molecular flexibility index (Phi) is 6.00. The second-order valence-electron chi connectivity index (χ2n) is 4.03. The molecule has 0 N–H and O–H groups in total. The van der Waals surface area contributed by atoms with Gasteiger partial charge in [0.15, 0.2) is 0 Å². The van der Waals surface area contributed by atoms with Crippen LogP contribution in [-0.4, -0.2) is 11.5 Å². The molecule has 3 heteroatoms. The molecule has 1 fully saturated rings. The highest BCUT2D eigenvalue weighted by Gasteiger charge is 2.13. The van der Waals surface area contributed by atoms with E-state index in [0.29, 0.717) is 0 Å². The van der Waals surface area contributed by atoms with Crippen LogP contribution in [0.25, 0.3) is 0 Å². The molecular formula is C11H19ClO2. The van der Waals surface area contributed by atoms with E-state index < -0.39 is 5.43 Å². The van der Waals surface area contributed by atoms with Crippen LogP contribution in [-0.2, 0) is 4.74 Å². The Hall–Kier alpha value is -0.240. The third kappa shape index (κ3) is 5.48. The number of rotatable bonds is 1. The molecule has 82 valence electrons. The fourth-order valence-electron chi connectivity index (χ4n) is 2.02. The van der Waals surface area contributed by atoms with Crippen molar-refractivity contribution in [3.8, 4) is 0 Å². The first-order valence-corrected chi connectivity index (χ1v) is 6.03. The number of carbonyl (C=O) groups excluding carboxylic acids is 1. The third-order valence-corrected chi connectivity index (χ3v) is 2.90. The number of hydrogen-bond donors (Lipinski definition) is 0. The number of halogens is 1. The standard InChI is InChI=1S/C11H19ClO2/c12-11(13)14-10-8-6-4-2-1-3-5-7-9-10/h10H,1-9H2. The first kappa shape index (κ1) is 11.8. The Labute approximate surface area is 91.0 Å². The second-order valence-corrected chi connectivity index (χ2v) is 4.34. The van der Waals surface area contributed by atoms with Gasteiger partial charge in [0, 0.05) is 11.6 Å². The average molecular weight is 219 g/mol. The van der Waals surface area contributed by atoms with Crippen LogP contribution in [0, 0.1) is 0 Å². The molecule has 0 aromatic carbocycles. The molecule has 0 bridgehead atoms. The van der Waals surface area contributed by atoms with Crippen LogP contribution in [0.2, 0.25) is 0 Å². The molecule has 0 amide bonds. The molecule has 1 aliphatic carbocycles. The summed E-state index contributed by atoms with van der Waals surface area (Å²) in [6.07, 6.45) is 10.9. The van der Waals surface area contributed by atoms with Gasteiger partial charge in [-0.3, -0.25) is 0 Å². The second kappa shape index (κ2) is 7.10. The van der Waals surface area contributed by atoms with Crippen LogP contribution in [0.4, 0.5) is 4.79 Å². The van der Waals surface area contributed by atoms with Crippen molar-refractivity contribution in [1.82, 2.24) is 0 Å². The number of hydrogen-bond acceptors (Lipinski definition) is 2. The summed E-state index contributed by atoms with van der Waals surface area (Å²) in [4.78, 5) is 10.6. The van der Waals surface area contributed by atoms with Gasteiger partial charge in [-0.2, -0.15) is 0 Å². The van der Waals surface area contributed by atoms with E-state index in [4.69, 9.17) is 16.3 Å². The molecule has 14 heavy (non-hydrogen) atoms. The third-order valence-electron chi connectivity index (χ3n) is 2.81. The molecule has 0 atom stereocenters. The lowest BCUT2D eigenvalue weighted by Crippen LogP contribution is -2.14. The van der Waals surface area contributed by atoms with E-state index in [0.717, 1.165) is 25.7 Å². The van der Waals surface area contributed by atoms with E-state index in [1.165, 1.54) is 32.1 Å². The van der Waals surface area contributed by atoms with Crippen molar-refractivity contribution >= 4 is 17.0 Å². The first-order valence-electron chi connectivity index (χ1n) is 5.65. The summed E-state index contributed by atoms with van der Waals surface area (Å²) < 4.78 is 5.05. The molecule has 0 spiro atoms. The topological polar surface area (TPSA) is 26.3 Å². The quantitative estimate of drug-likeness (QED) is 0.615. The molecule has 0 radical (unpaired) electrons. The van der Waals surface area contributed by atoms with Gasteiger partial charge in [0.2, 0.25) is 0 Å². The van der Waals surface area contributed by atoms with Crippen LogP contribution < -0.4 is 0 Å². The predicted octanol–water partition coefficient (Wildman–Crippen LogP) is 4.25. The summed E-state index contributed by atoms with van der Waals surface area (Å²) in [6, 6.07) is 0. The van der Waals surface area contributed by atoms with Crippen LogP contribution in [0.3, 0.4) is 0 Å². The van der Waals surface area contributed by atoms with Gasteiger partial charge < -0.3 is 4.74 Å². The molecule has 1 rings (SSSR count). The lowest BCUT2D eigenvalue weighted by atomic mass is 9.99. The van der Waals surface area contributed by atoms with Crippen molar-refractivity contribution in [3.05, 3.63) is 0 Å². The Morgan fingerprint density at radius 1 is 0.929 bits per heavy atom. The van der Waals surface area contributed by atoms with Crippen molar-refractivity contribution in [2.75, 3.05) is 0 Å². The lowest BCUT2D eigenvalue weighted by Gasteiger charge is -2.17. The monoisotopic (exact) mass is 218 g/mol. The van der Waals surface area contributed by atoms with Crippen molar-refractivity contribution < 1.29 is 9.53 Å². The van der Waals surface area contributed by atoms with Crippen molar-refractivity contribution in [2.24, 2.45) is 0 Å². The van der Waals surface area contributed by atoms with Crippen LogP contribution in [0.15, 0.2) is 0 Å². The minimum absolute atomic E-state index is 0.0677. The van der Waals surface area contributed by atoms with Crippen LogP contribution in [0.5, 0.6) is 0 Å². The predicted molar refractivity (Wildman–Crippen MR) is 57.7 cm³/mol. The van der Waals surface area contributed by atoms with Gasteiger partial charge in [-0.25, -0.2) is 4.79 Å². The molecular weight excluding hydrogens is 200 g/mol. The maximum Gasteiger partial charge on any atom is 0.404 e. The fraction of sp³-hybridized carbons (Fsp3) is 0.909. The summed E-state index contributed by atoms with van der Waals surface area (Å²) in [7, 11) is 0. The van der Waals surface area contributed by atoms with E-state index in [-0.39, 0.29) is 6.10 Å². The minimum Gasteiger partial charge on any atom is -0.450 e. The number of carbonyl (C=O) groups is 1. The number of ether oxygens (including phenoxy) is 1. The first-order chi connectivity index (χ1) is 6.79. The molecule has 0 unspecified atom stereocenters. The molecule has 0 heterocycles. The summed E-state index contributed by atoms with van der Waals surface area (Å²) in [5, 5.41) is 0. The molecule has 0 aromatic heterocycles. The van der Waals surface area contributed by atoms with E-state index >= 15 is 0 Å². The highest BCUT2D eigenvalue weighted by atomic mass is 35.5. The largest absolute Gasteiger partial charge is 0.450 e. The van der Waals surface area contributed by atoms with Crippen molar-refractivity contribution in [3.63, 3.8) is 0 Å². The van der Waals surface area contributed by atoms with Gasteiger partial charge >= 0.3 is 5.43 Å². The molecule has 0 aliphatic heterocycles. The van der Waals surface area contributed by atoms with Gasteiger partial charge in [-0.05, 0) is 25.7 Å². The lowest BCUT2D eigenvalue weighted by molar-refractivity contribution is 0.105. The van der Waals surface area contributed by atoms with Gasteiger partial charge in [-0.15, -0.1) is 0 Å². The van der Waals surface area contributed by atoms with E-state index in [9.17, 15) is 4.79 Å². The zero-order valence-corrected chi connectivity index (χ0v) is 9.39.